The highest BCUT2D eigenvalue weighted by Crippen LogP contribution is 2.42. The first-order valence-corrected chi connectivity index (χ1v) is 21.0. The van der Waals surface area contributed by atoms with E-state index in [9.17, 15) is 45.5 Å². The molecule has 0 saturated heterocycles. The van der Waals surface area contributed by atoms with Gasteiger partial charge in [-0.1, -0.05) is 6.42 Å². The number of Topliss-reactive ketones (excluding diaryl/α,β-unsaturated/α-hetero) is 1. The molecule has 62 heavy (non-hydrogen) atoms. The van der Waals surface area contributed by atoms with E-state index in [2.05, 4.69) is 30.9 Å². The van der Waals surface area contributed by atoms with Crippen molar-refractivity contribution >= 4 is 75.9 Å². The molecule has 0 saturated carbocycles. The number of carbonyl (C=O) groups excluding carboxylic acids is 4. The summed E-state index contributed by atoms with van der Waals surface area (Å²) in [6, 6.07) is 2.95. The Labute approximate surface area is 361 Å². The first-order chi connectivity index (χ1) is 29.2. The van der Waals surface area contributed by atoms with Gasteiger partial charge in [0.1, 0.15) is 17.2 Å². The van der Waals surface area contributed by atoms with Crippen LogP contribution in [0.15, 0.2) is 51.4 Å². The van der Waals surface area contributed by atoms with Gasteiger partial charge < -0.3 is 44.6 Å². The Bertz CT molecular complexity index is 2080. The summed E-state index contributed by atoms with van der Waals surface area (Å²) in [5.74, 6) is -2.77. The number of guanidine groups is 1. The quantitative estimate of drug-likeness (QED) is 0.0177. The molecule has 2 aromatic carbocycles. The van der Waals surface area contributed by atoms with Crippen molar-refractivity contribution in [2.45, 2.75) is 79.9 Å². The summed E-state index contributed by atoms with van der Waals surface area (Å²) in [5, 5.41) is 14.5. The number of hydrogen-bond acceptors (Lipinski definition) is 12. The van der Waals surface area contributed by atoms with Crippen molar-refractivity contribution in [1.29, 1.82) is 5.41 Å². The largest absolute Gasteiger partial charge is 0.416 e. The number of nitrogens with one attached hydrogen (secondary N) is 4. The van der Waals surface area contributed by atoms with Gasteiger partial charge in [0.2, 0.25) is 5.91 Å². The Hall–Kier alpha value is -5.46. The molecule has 3 rings (SSSR count). The molecule has 3 amide bonds. The van der Waals surface area contributed by atoms with Crippen LogP contribution < -0.4 is 44.6 Å². The number of rotatable bonds is 24. The number of aliphatic imine (C=N–C) groups is 1. The van der Waals surface area contributed by atoms with E-state index in [0.29, 0.717) is 50.7 Å². The molecule has 0 bridgehead atoms. The monoisotopic (exact) mass is 914 g/mol. The van der Waals surface area contributed by atoms with Crippen molar-refractivity contribution in [3.05, 3.63) is 64.7 Å². The van der Waals surface area contributed by atoms with Gasteiger partial charge in [-0.3, -0.25) is 29.6 Å². The van der Waals surface area contributed by atoms with E-state index in [-0.39, 0.29) is 100 Å². The van der Waals surface area contributed by atoms with E-state index in [1.807, 2.05) is 0 Å². The summed E-state index contributed by atoms with van der Waals surface area (Å²) < 4.78 is 84.4. The normalized spacial score (nSPS) is 11.5. The van der Waals surface area contributed by atoms with Gasteiger partial charge in [0, 0.05) is 61.7 Å². The minimum absolute atomic E-state index is 0.00820. The van der Waals surface area contributed by atoms with Crippen LogP contribution in [-0.2, 0) is 28.4 Å². The Morgan fingerprint density at radius 2 is 1.15 bits per heavy atom. The van der Waals surface area contributed by atoms with Gasteiger partial charge in [0.25, 0.3) is 11.8 Å². The van der Waals surface area contributed by atoms with Gasteiger partial charge in [0.05, 0.1) is 51.3 Å². The number of hydrogen-bond donors (Lipinski definition) is 9. The molecule has 338 valence electrons. The Balaban J connectivity index is 1.89. The highest BCUT2D eigenvalue weighted by atomic mass is 32.2. The van der Waals surface area contributed by atoms with Crippen LogP contribution in [-0.4, -0.2) is 76.4 Å². The smallest absolute Gasteiger partial charge is 0.388 e. The summed E-state index contributed by atoms with van der Waals surface area (Å²) in [4.78, 5) is 64.4. The van der Waals surface area contributed by atoms with Crippen molar-refractivity contribution in [2.24, 2.45) is 33.7 Å². The third kappa shape index (κ3) is 16.8. The topological polar surface area (TPSA) is 296 Å². The van der Waals surface area contributed by atoms with Crippen LogP contribution in [0.3, 0.4) is 0 Å². The molecule has 0 aliphatic heterocycles. The van der Waals surface area contributed by atoms with Crippen LogP contribution in [0.2, 0.25) is 0 Å². The zero-order valence-electron chi connectivity index (χ0n) is 33.3. The summed E-state index contributed by atoms with van der Waals surface area (Å²) >= 11 is 2.00. The van der Waals surface area contributed by atoms with E-state index >= 15 is 0 Å². The SMILES string of the molecule is N=C(N)CCCCCC(=O)Cc1cc(C(F)(F)F)cc(NC(=O)c2cnc(C(=O)Nc3cc(C(F)(F)F)cc(NC(=O)CCCCN=C(N)N)c3SCCN)cn2)c1SCCN. The number of benzene rings is 2. The summed E-state index contributed by atoms with van der Waals surface area (Å²) in [5.41, 5.74) is 23.2. The summed E-state index contributed by atoms with van der Waals surface area (Å²) in [6.45, 7) is 0.441. The number of nitrogens with zero attached hydrogens (tertiary/aromatic N) is 3. The second-order valence-electron chi connectivity index (χ2n) is 13.5. The first-order valence-electron chi connectivity index (χ1n) is 19.0. The van der Waals surface area contributed by atoms with Crippen molar-refractivity contribution in [3.8, 4) is 0 Å². The number of carbonyl (C=O) groups is 4. The predicted octanol–water partition coefficient (Wildman–Crippen LogP) is 5.50. The van der Waals surface area contributed by atoms with E-state index in [1.54, 1.807) is 0 Å². The molecule has 0 atom stereocenters. The average Bonchev–Trinajstić information content (AvgIpc) is 3.18. The third-order valence-electron chi connectivity index (χ3n) is 8.42. The van der Waals surface area contributed by atoms with Gasteiger partial charge in [-0.2, -0.15) is 26.3 Å². The molecule has 0 fully saturated rings. The number of thioether (sulfide) groups is 2. The maximum Gasteiger partial charge on any atom is 0.416 e. The number of anilines is 3. The Kier molecular flexibility index (Phi) is 19.9. The highest BCUT2D eigenvalue weighted by Gasteiger charge is 2.34. The average molecular weight is 915 g/mol. The van der Waals surface area contributed by atoms with E-state index in [0.717, 1.165) is 48.1 Å². The van der Waals surface area contributed by atoms with E-state index in [1.165, 1.54) is 0 Å². The van der Waals surface area contributed by atoms with Crippen LogP contribution in [0, 0.1) is 5.41 Å². The zero-order valence-corrected chi connectivity index (χ0v) is 34.9. The molecule has 0 radical (unpaired) electrons. The van der Waals surface area contributed by atoms with Gasteiger partial charge in [-0.15, -0.1) is 23.5 Å². The first kappa shape index (κ1) is 50.9. The highest BCUT2D eigenvalue weighted by molar-refractivity contribution is 7.99. The van der Waals surface area contributed by atoms with Crippen LogP contribution in [0.1, 0.15) is 89.0 Å². The predicted molar refractivity (Wildman–Crippen MR) is 227 cm³/mol. The number of amides is 3. The van der Waals surface area contributed by atoms with E-state index in [4.69, 9.17) is 34.1 Å². The fraction of sp³-hybridized carbons (Fsp3) is 0.421. The van der Waals surface area contributed by atoms with Gasteiger partial charge in [-0.25, -0.2) is 9.97 Å². The van der Waals surface area contributed by atoms with E-state index < -0.39 is 52.6 Å². The molecular weight excluding hydrogens is 867 g/mol. The van der Waals surface area contributed by atoms with Crippen molar-refractivity contribution in [3.63, 3.8) is 0 Å². The molecule has 1 aromatic heterocycles. The van der Waals surface area contributed by atoms with Gasteiger partial charge in [0.15, 0.2) is 5.96 Å². The molecular formula is C38H48F6N12O4S2. The summed E-state index contributed by atoms with van der Waals surface area (Å²) in [6.07, 6.45) is -5.79. The second-order valence-corrected chi connectivity index (χ2v) is 15.7. The van der Waals surface area contributed by atoms with Crippen LogP contribution in [0.4, 0.5) is 43.4 Å². The number of amidine groups is 1. The molecule has 24 heteroatoms. The van der Waals surface area contributed by atoms with Gasteiger partial charge >= 0.3 is 12.4 Å². The van der Waals surface area contributed by atoms with Gasteiger partial charge in [-0.05, 0) is 55.5 Å². The molecule has 0 aliphatic rings. The molecule has 0 spiro atoms. The van der Waals surface area contributed by atoms with Crippen molar-refractivity contribution in [2.75, 3.05) is 47.1 Å². The number of ketones is 1. The third-order valence-corrected chi connectivity index (χ3v) is 10.8. The molecule has 1 heterocycles. The Morgan fingerprint density at radius 1 is 0.661 bits per heavy atom. The number of aromatic nitrogens is 2. The minimum atomic E-state index is -4.90. The number of unbranched alkanes of at least 4 members (excludes halogenated alkanes) is 3. The standard InChI is InChI=1S/C38H48F6N12O4S2/c39-37(40,41)22-14-21(15-24(57)6-2-1-3-7-30(47)48)32(61-12-9-45)25(16-22)55-34(59)28-19-53-29(20-52-28)35(60)56-27-18-23(38(42,43)44)17-26(33(27)62-13-10-46)54-31(58)8-4-5-11-51-36(49)50/h14,16-20H,1-13,15,45-46H2,(H3,47,48)(H,54,58)(H,55,59)(H,56,60)(H4,49,50,51). The van der Waals surface area contributed by atoms with Crippen molar-refractivity contribution in [1.82, 2.24) is 9.97 Å². The fourth-order valence-electron chi connectivity index (χ4n) is 5.57. The lowest BCUT2D eigenvalue weighted by Gasteiger charge is -2.19. The molecule has 3 aromatic rings. The summed E-state index contributed by atoms with van der Waals surface area (Å²) in [7, 11) is 0. The maximum absolute atomic E-state index is 14.1. The van der Waals surface area contributed by atoms with Crippen molar-refractivity contribution < 1.29 is 45.5 Å². The van der Waals surface area contributed by atoms with Crippen LogP contribution in [0.25, 0.3) is 0 Å². The number of alkyl halides is 6. The lowest BCUT2D eigenvalue weighted by molar-refractivity contribution is -0.138. The molecule has 0 unspecified atom stereocenters. The molecule has 0 aliphatic carbocycles. The molecule has 16 nitrogen and oxygen atoms in total. The number of nitrogens with two attached hydrogens (primary N) is 5. The van der Waals surface area contributed by atoms with Crippen LogP contribution in [0.5, 0.6) is 0 Å². The second kappa shape index (κ2) is 24.2. The van der Waals surface area contributed by atoms with Crippen LogP contribution >= 0.6 is 23.5 Å². The lowest BCUT2D eigenvalue weighted by Crippen LogP contribution is -2.23. The Morgan fingerprint density at radius 3 is 1.65 bits per heavy atom. The fourth-order valence-corrected chi connectivity index (χ4v) is 7.33. The maximum atomic E-state index is 14.1. The zero-order chi connectivity index (χ0) is 46.0. The molecule has 14 N–H and O–H groups in total. The lowest BCUT2D eigenvalue weighted by atomic mass is 10.0. The number of halogens is 6. The minimum Gasteiger partial charge on any atom is -0.388 e.